The summed E-state index contributed by atoms with van der Waals surface area (Å²) in [4.78, 5) is 21.6. The number of carbonyl (C=O) groups excluding carboxylic acids is 1. The summed E-state index contributed by atoms with van der Waals surface area (Å²) in [5, 5.41) is 0.825. The highest BCUT2D eigenvalue weighted by Gasteiger charge is 2.32. The molecule has 0 saturated heterocycles. The molecule has 92 valence electrons. The van der Waals surface area contributed by atoms with E-state index in [0.29, 0.717) is 0 Å². The number of amides is 1. The number of H-pyrrole nitrogens is 1. The van der Waals surface area contributed by atoms with Crippen LogP contribution in [0.15, 0.2) is 40.6 Å². The zero-order valence-corrected chi connectivity index (χ0v) is 10.6. The molecule has 1 aliphatic rings. The van der Waals surface area contributed by atoms with Gasteiger partial charge < -0.3 is 15.6 Å². The number of hydrogen-bond acceptors (Lipinski definition) is 4. The van der Waals surface area contributed by atoms with Gasteiger partial charge in [-0.15, -0.1) is 0 Å². The Balaban J connectivity index is 1.95. The molecule has 3 N–H and O–H groups in total. The molecule has 0 radical (unpaired) electrons. The third kappa shape index (κ3) is 1.70. The van der Waals surface area contributed by atoms with Gasteiger partial charge in [-0.05, 0) is 12.1 Å². The minimum atomic E-state index is -0.535. The van der Waals surface area contributed by atoms with Gasteiger partial charge in [0.2, 0.25) is 5.91 Å². The third-order valence-electron chi connectivity index (χ3n) is 2.98. The summed E-state index contributed by atoms with van der Waals surface area (Å²) < 4.78 is 0. The zero-order chi connectivity index (χ0) is 12.7. The first-order valence-electron chi connectivity index (χ1n) is 5.51. The molecular weight excluding hydrogens is 248 g/mol. The highest BCUT2D eigenvalue weighted by molar-refractivity contribution is 7.99. The fourth-order valence-corrected chi connectivity index (χ4v) is 2.79. The van der Waals surface area contributed by atoms with E-state index in [9.17, 15) is 4.79 Å². The molecule has 2 aromatic rings. The lowest BCUT2D eigenvalue weighted by Gasteiger charge is -2.10. The van der Waals surface area contributed by atoms with E-state index >= 15 is 0 Å². The number of rotatable bonds is 2. The van der Waals surface area contributed by atoms with Crippen molar-refractivity contribution in [2.75, 3.05) is 11.9 Å². The van der Waals surface area contributed by atoms with Crippen molar-refractivity contribution in [1.82, 2.24) is 9.97 Å². The van der Waals surface area contributed by atoms with E-state index in [1.807, 2.05) is 18.2 Å². The Labute approximate surface area is 108 Å². The summed E-state index contributed by atoms with van der Waals surface area (Å²) in [7, 11) is 1.75. The molecule has 0 bridgehead atoms. The summed E-state index contributed by atoms with van der Waals surface area (Å²) in [6, 6.07) is 5.30. The van der Waals surface area contributed by atoms with Gasteiger partial charge in [0, 0.05) is 35.6 Å². The van der Waals surface area contributed by atoms with Crippen LogP contribution in [0.2, 0.25) is 0 Å². The van der Waals surface area contributed by atoms with Gasteiger partial charge in [0.1, 0.15) is 6.04 Å². The molecule has 6 heteroatoms. The fourth-order valence-electron chi connectivity index (χ4n) is 2.02. The van der Waals surface area contributed by atoms with Crippen molar-refractivity contribution in [1.29, 1.82) is 0 Å². The van der Waals surface area contributed by atoms with Crippen molar-refractivity contribution >= 4 is 23.4 Å². The van der Waals surface area contributed by atoms with Crippen molar-refractivity contribution < 1.29 is 4.79 Å². The van der Waals surface area contributed by atoms with Crippen LogP contribution in [-0.4, -0.2) is 22.9 Å². The van der Waals surface area contributed by atoms with Crippen molar-refractivity contribution in [3.05, 3.63) is 36.2 Å². The molecule has 2 heterocycles. The Morgan fingerprint density at radius 1 is 1.50 bits per heavy atom. The van der Waals surface area contributed by atoms with E-state index in [1.54, 1.807) is 24.3 Å². The van der Waals surface area contributed by atoms with Crippen molar-refractivity contribution in [2.24, 2.45) is 5.73 Å². The fraction of sp³-hybridized carbons (Fsp3) is 0.167. The number of imidazole rings is 1. The van der Waals surface area contributed by atoms with Gasteiger partial charge >= 0.3 is 0 Å². The number of hydrogen-bond donors (Lipinski definition) is 2. The van der Waals surface area contributed by atoms with Crippen LogP contribution in [-0.2, 0) is 4.79 Å². The van der Waals surface area contributed by atoms with Crippen LogP contribution in [0.1, 0.15) is 11.6 Å². The van der Waals surface area contributed by atoms with Crippen LogP contribution < -0.4 is 10.6 Å². The van der Waals surface area contributed by atoms with Crippen molar-refractivity contribution in [3.8, 4) is 0 Å². The summed E-state index contributed by atoms with van der Waals surface area (Å²) in [6.07, 6.45) is 3.49. The zero-order valence-electron chi connectivity index (χ0n) is 9.75. The SMILES string of the molecule is CN1C(=O)C(N)c2ccc(Sc3ncc[nH]3)cc21. The molecule has 1 atom stereocenters. The van der Waals surface area contributed by atoms with Crippen LogP contribution in [0.25, 0.3) is 0 Å². The summed E-state index contributed by atoms with van der Waals surface area (Å²) >= 11 is 1.52. The number of anilines is 1. The maximum absolute atomic E-state index is 11.8. The van der Waals surface area contributed by atoms with E-state index in [0.717, 1.165) is 21.3 Å². The molecule has 5 nitrogen and oxygen atoms in total. The van der Waals surface area contributed by atoms with Crippen molar-refractivity contribution in [2.45, 2.75) is 16.1 Å². The maximum Gasteiger partial charge on any atom is 0.248 e. The predicted molar refractivity (Wildman–Crippen MR) is 69.5 cm³/mol. The lowest BCUT2D eigenvalue weighted by atomic mass is 10.1. The molecule has 0 fully saturated rings. The first kappa shape index (κ1) is 11.3. The molecule has 0 aliphatic carbocycles. The average molecular weight is 260 g/mol. The quantitative estimate of drug-likeness (QED) is 0.858. The third-order valence-corrected chi connectivity index (χ3v) is 3.89. The first-order valence-corrected chi connectivity index (χ1v) is 6.33. The second-order valence-electron chi connectivity index (χ2n) is 4.09. The molecule has 1 aromatic heterocycles. The largest absolute Gasteiger partial charge is 0.339 e. The molecule has 1 unspecified atom stereocenters. The van der Waals surface area contributed by atoms with Gasteiger partial charge in [-0.2, -0.15) is 0 Å². The van der Waals surface area contributed by atoms with Gasteiger partial charge in [0.15, 0.2) is 5.16 Å². The van der Waals surface area contributed by atoms with E-state index in [2.05, 4.69) is 9.97 Å². The van der Waals surface area contributed by atoms with Crippen LogP contribution in [0.5, 0.6) is 0 Å². The van der Waals surface area contributed by atoms with Gasteiger partial charge in [-0.1, -0.05) is 17.8 Å². The number of likely N-dealkylation sites (N-methyl/N-ethyl adjacent to an activating group) is 1. The second kappa shape index (κ2) is 4.15. The molecule has 1 aliphatic heterocycles. The number of aromatic nitrogens is 2. The molecule has 18 heavy (non-hydrogen) atoms. The molecule has 1 aromatic carbocycles. The number of fused-ring (bicyclic) bond motifs is 1. The Bertz CT molecular complexity index is 596. The normalized spacial score (nSPS) is 18.2. The molecular formula is C12H12N4OS. The maximum atomic E-state index is 11.8. The number of carbonyl (C=O) groups is 1. The van der Waals surface area contributed by atoms with Gasteiger partial charge in [0.25, 0.3) is 0 Å². The van der Waals surface area contributed by atoms with E-state index in [4.69, 9.17) is 5.73 Å². The van der Waals surface area contributed by atoms with Crippen LogP contribution >= 0.6 is 11.8 Å². The van der Waals surface area contributed by atoms with Crippen LogP contribution in [0.4, 0.5) is 5.69 Å². The molecule has 3 rings (SSSR count). The number of nitrogens with two attached hydrogens (primary N) is 1. The van der Waals surface area contributed by atoms with Crippen LogP contribution in [0.3, 0.4) is 0 Å². The van der Waals surface area contributed by atoms with Gasteiger partial charge in [-0.3, -0.25) is 4.79 Å². The standard InChI is InChI=1S/C12H12N4OS/c1-16-9-6-7(18-12-14-4-5-15-12)2-3-8(9)10(13)11(16)17/h2-6,10H,13H2,1H3,(H,14,15). The number of nitrogens with one attached hydrogen (secondary N) is 1. The number of aromatic amines is 1. The Morgan fingerprint density at radius 3 is 3.06 bits per heavy atom. The average Bonchev–Trinajstić information content (AvgIpc) is 2.95. The smallest absolute Gasteiger partial charge is 0.248 e. The monoisotopic (exact) mass is 260 g/mol. The van der Waals surface area contributed by atoms with E-state index < -0.39 is 6.04 Å². The highest BCUT2D eigenvalue weighted by atomic mass is 32.2. The highest BCUT2D eigenvalue weighted by Crippen LogP contribution is 2.37. The second-order valence-corrected chi connectivity index (χ2v) is 5.15. The predicted octanol–water partition coefficient (Wildman–Crippen LogP) is 1.54. The summed E-state index contributed by atoms with van der Waals surface area (Å²) in [5.74, 6) is -0.0647. The van der Waals surface area contributed by atoms with Crippen LogP contribution in [0, 0.1) is 0 Å². The van der Waals surface area contributed by atoms with E-state index in [-0.39, 0.29) is 5.91 Å². The van der Waals surface area contributed by atoms with E-state index in [1.165, 1.54) is 11.8 Å². The number of nitrogens with zero attached hydrogens (tertiary/aromatic N) is 2. The lowest BCUT2D eigenvalue weighted by Crippen LogP contribution is -2.27. The minimum absolute atomic E-state index is 0.0647. The lowest BCUT2D eigenvalue weighted by molar-refractivity contribution is -0.118. The first-order chi connectivity index (χ1) is 8.66. The van der Waals surface area contributed by atoms with Gasteiger partial charge in [-0.25, -0.2) is 4.98 Å². The van der Waals surface area contributed by atoms with Gasteiger partial charge in [0.05, 0.1) is 0 Å². The summed E-state index contributed by atoms with van der Waals surface area (Å²) in [6.45, 7) is 0. The summed E-state index contributed by atoms with van der Waals surface area (Å²) in [5.41, 5.74) is 7.61. The molecule has 1 amide bonds. The molecule has 0 spiro atoms. The Hall–Kier alpha value is -1.79. The molecule has 0 saturated carbocycles. The number of benzene rings is 1. The topological polar surface area (TPSA) is 75.0 Å². The minimum Gasteiger partial charge on any atom is -0.339 e. The van der Waals surface area contributed by atoms with Crippen molar-refractivity contribution in [3.63, 3.8) is 0 Å². The Morgan fingerprint density at radius 2 is 2.33 bits per heavy atom. The Kier molecular flexibility index (Phi) is 2.61.